The van der Waals surface area contributed by atoms with E-state index in [1.54, 1.807) is 0 Å². The van der Waals surface area contributed by atoms with Crippen LogP contribution >= 0.6 is 0 Å². The Kier molecular flexibility index (Phi) is 9.30. The van der Waals surface area contributed by atoms with Gasteiger partial charge in [0.05, 0.1) is 6.42 Å². The highest BCUT2D eigenvalue weighted by molar-refractivity contribution is 5.67. The number of nitrogens with one attached hydrogen (secondary N) is 1. The van der Waals surface area contributed by atoms with Crippen LogP contribution < -0.4 is 5.32 Å². The lowest BCUT2D eigenvalue weighted by atomic mass is 9.95. The first kappa shape index (κ1) is 15.4. The minimum atomic E-state index is -0.725. The first-order chi connectivity index (χ1) is 7.60. The molecule has 2 unspecified atom stereocenters. The molecule has 2 N–H and O–H groups in total. The van der Waals surface area contributed by atoms with Gasteiger partial charge in [0.2, 0.25) is 0 Å². The molecule has 0 saturated carbocycles. The maximum Gasteiger partial charge on any atom is 0.304 e. The molecule has 3 heteroatoms. The number of aliphatic carboxylic acids is 1. The molecule has 96 valence electrons. The maximum absolute atomic E-state index is 10.4. The van der Waals surface area contributed by atoms with E-state index in [9.17, 15) is 4.79 Å². The van der Waals surface area contributed by atoms with Gasteiger partial charge in [-0.3, -0.25) is 4.79 Å². The van der Waals surface area contributed by atoms with E-state index in [-0.39, 0.29) is 12.5 Å². The zero-order valence-corrected chi connectivity index (χ0v) is 11.0. The van der Waals surface area contributed by atoms with Gasteiger partial charge in [-0.15, -0.1) is 0 Å². The average molecular weight is 229 g/mol. The largest absolute Gasteiger partial charge is 0.481 e. The van der Waals surface area contributed by atoms with E-state index in [4.69, 9.17) is 5.11 Å². The molecule has 2 atom stereocenters. The van der Waals surface area contributed by atoms with Crippen LogP contribution in [0.5, 0.6) is 0 Å². The van der Waals surface area contributed by atoms with Crippen LogP contribution in [0.2, 0.25) is 0 Å². The van der Waals surface area contributed by atoms with Crippen molar-refractivity contribution in [3.63, 3.8) is 0 Å². The molecule has 0 saturated heterocycles. The molecule has 0 aromatic rings. The van der Waals surface area contributed by atoms with Gasteiger partial charge in [-0.2, -0.15) is 0 Å². The second-order valence-electron chi connectivity index (χ2n) is 4.66. The van der Waals surface area contributed by atoms with Crippen LogP contribution in [0.4, 0.5) is 0 Å². The van der Waals surface area contributed by atoms with Crippen molar-refractivity contribution in [2.75, 3.05) is 6.54 Å². The third-order valence-corrected chi connectivity index (χ3v) is 3.04. The van der Waals surface area contributed by atoms with Crippen molar-refractivity contribution in [2.24, 2.45) is 5.92 Å². The summed E-state index contributed by atoms with van der Waals surface area (Å²) in [6, 6.07) is 0.0868. The van der Waals surface area contributed by atoms with E-state index < -0.39 is 5.97 Å². The van der Waals surface area contributed by atoms with Gasteiger partial charge in [-0.25, -0.2) is 0 Å². The molecule has 0 aromatic heterocycles. The standard InChI is InChI=1S/C13H27NO2/c1-4-7-12(5-2)8-6-9-14-11(3)10-13(15)16/h11-12,14H,4-10H2,1-3H3,(H,15,16). The molecule has 0 spiro atoms. The predicted octanol–water partition coefficient (Wildman–Crippen LogP) is 3.05. The quantitative estimate of drug-likeness (QED) is 0.566. The summed E-state index contributed by atoms with van der Waals surface area (Å²) >= 11 is 0. The summed E-state index contributed by atoms with van der Waals surface area (Å²) in [6.45, 7) is 7.35. The zero-order valence-electron chi connectivity index (χ0n) is 11.0. The summed E-state index contributed by atoms with van der Waals surface area (Å²) in [7, 11) is 0. The fourth-order valence-corrected chi connectivity index (χ4v) is 2.03. The number of hydrogen-bond acceptors (Lipinski definition) is 2. The summed E-state index contributed by atoms with van der Waals surface area (Å²) in [4.78, 5) is 10.4. The summed E-state index contributed by atoms with van der Waals surface area (Å²) in [6.07, 6.45) is 6.48. The molecule has 0 rings (SSSR count). The van der Waals surface area contributed by atoms with Crippen LogP contribution in [0, 0.1) is 5.92 Å². The molecule has 0 aliphatic heterocycles. The molecule has 0 aliphatic rings. The minimum absolute atomic E-state index is 0.0868. The first-order valence-corrected chi connectivity index (χ1v) is 6.55. The highest BCUT2D eigenvalue weighted by Crippen LogP contribution is 2.16. The molecule has 0 bridgehead atoms. The van der Waals surface area contributed by atoms with E-state index in [0.717, 1.165) is 18.9 Å². The molecule has 0 radical (unpaired) electrons. The van der Waals surface area contributed by atoms with E-state index in [1.165, 1.54) is 25.7 Å². The van der Waals surface area contributed by atoms with Crippen LogP contribution in [0.3, 0.4) is 0 Å². The smallest absolute Gasteiger partial charge is 0.304 e. The molecular weight excluding hydrogens is 202 g/mol. The predicted molar refractivity (Wildman–Crippen MR) is 67.6 cm³/mol. The highest BCUT2D eigenvalue weighted by atomic mass is 16.4. The topological polar surface area (TPSA) is 49.3 Å². The van der Waals surface area contributed by atoms with Crippen LogP contribution in [-0.2, 0) is 4.79 Å². The number of carboxylic acid groups (broad SMARTS) is 1. The summed E-state index contributed by atoms with van der Waals surface area (Å²) in [5.74, 6) is 0.124. The van der Waals surface area contributed by atoms with Gasteiger partial charge in [-0.05, 0) is 32.2 Å². The van der Waals surface area contributed by atoms with Crippen LogP contribution in [0.25, 0.3) is 0 Å². The molecular formula is C13H27NO2. The second-order valence-corrected chi connectivity index (χ2v) is 4.66. The van der Waals surface area contributed by atoms with Crippen LogP contribution in [0.15, 0.2) is 0 Å². The van der Waals surface area contributed by atoms with Gasteiger partial charge in [0.15, 0.2) is 0 Å². The van der Waals surface area contributed by atoms with E-state index in [1.807, 2.05) is 6.92 Å². The normalized spacial score (nSPS) is 14.7. The first-order valence-electron chi connectivity index (χ1n) is 6.55. The van der Waals surface area contributed by atoms with Crippen molar-refractivity contribution in [1.82, 2.24) is 5.32 Å². The Labute approximate surface area is 99.6 Å². The minimum Gasteiger partial charge on any atom is -0.481 e. The van der Waals surface area contributed by atoms with Crippen molar-refractivity contribution in [2.45, 2.75) is 65.3 Å². The molecule has 0 amide bonds. The van der Waals surface area contributed by atoms with Crippen molar-refractivity contribution in [3.8, 4) is 0 Å². The molecule has 3 nitrogen and oxygen atoms in total. The van der Waals surface area contributed by atoms with Gasteiger partial charge in [0, 0.05) is 6.04 Å². The van der Waals surface area contributed by atoms with Crippen molar-refractivity contribution >= 4 is 5.97 Å². The third kappa shape index (κ3) is 8.72. The second kappa shape index (κ2) is 9.64. The Bertz CT molecular complexity index is 183. The van der Waals surface area contributed by atoms with Crippen molar-refractivity contribution in [1.29, 1.82) is 0 Å². The Morgan fingerprint density at radius 1 is 1.31 bits per heavy atom. The zero-order chi connectivity index (χ0) is 12.4. The lowest BCUT2D eigenvalue weighted by molar-refractivity contribution is -0.137. The Balaban J connectivity index is 3.47. The van der Waals surface area contributed by atoms with Gasteiger partial charge in [0.1, 0.15) is 0 Å². The Hall–Kier alpha value is -0.570. The van der Waals surface area contributed by atoms with Crippen molar-refractivity contribution in [3.05, 3.63) is 0 Å². The highest BCUT2D eigenvalue weighted by Gasteiger charge is 2.07. The van der Waals surface area contributed by atoms with Crippen LogP contribution in [0.1, 0.15) is 59.3 Å². The number of carbonyl (C=O) groups is 1. The molecule has 0 heterocycles. The number of hydrogen-bond donors (Lipinski definition) is 2. The molecule has 0 aliphatic carbocycles. The fourth-order valence-electron chi connectivity index (χ4n) is 2.03. The van der Waals surface area contributed by atoms with Gasteiger partial charge < -0.3 is 10.4 Å². The van der Waals surface area contributed by atoms with Gasteiger partial charge in [-0.1, -0.05) is 33.1 Å². The number of carboxylic acids is 1. The summed E-state index contributed by atoms with van der Waals surface area (Å²) in [5.41, 5.74) is 0. The average Bonchev–Trinajstić information content (AvgIpc) is 2.21. The van der Waals surface area contributed by atoms with Gasteiger partial charge >= 0.3 is 5.97 Å². The van der Waals surface area contributed by atoms with E-state index in [0.29, 0.717) is 0 Å². The Morgan fingerprint density at radius 2 is 2.00 bits per heavy atom. The monoisotopic (exact) mass is 229 g/mol. The molecule has 0 aromatic carbocycles. The van der Waals surface area contributed by atoms with E-state index in [2.05, 4.69) is 19.2 Å². The Morgan fingerprint density at radius 3 is 2.50 bits per heavy atom. The van der Waals surface area contributed by atoms with Crippen molar-refractivity contribution < 1.29 is 9.90 Å². The lowest BCUT2D eigenvalue weighted by Gasteiger charge is -2.15. The summed E-state index contributed by atoms with van der Waals surface area (Å²) in [5, 5.41) is 11.9. The summed E-state index contributed by atoms with van der Waals surface area (Å²) < 4.78 is 0. The van der Waals surface area contributed by atoms with Gasteiger partial charge in [0.25, 0.3) is 0 Å². The third-order valence-electron chi connectivity index (χ3n) is 3.04. The van der Waals surface area contributed by atoms with E-state index >= 15 is 0 Å². The fraction of sp³-hybridized carbons (Fsp3) is 0.923. The molecule has 16 heavy (non-hydrogen) atoms. The lowest BCUT2D eigenvalue weighted by Crippen LogP contribution is -2.29. The van der Waals surface area contributed by atoms with Crippen LogP contribution in [-0.4, -0.2) is 23.7 Å². The molecule has 0 fully saturated rings. The SMILES string of the molecule is CCCC(CC)CCCNC(C)CC(=O)O. The number of rotatable bonds is 10. The maximum atomic E-state index is 10.4.